The van der Waals surface area contributed by atoms with Gasteiger partial charge in [-0.25, -0.2) is 4.98 Å². The summed E-state index contributed by atoms with van der Waals surface area (Å²) in [5.74, 6) is 0. The number of hydrogen-bond acceptors (Lipinski definition) is 2. The van der Waals surface area contributed by atoms with Crippen LogP contribution in [0, 0.1) is 6.92 Å². The van der Waals surface area contributed by atoms with Gasteiger partial charge in [0.25, 0.3) is 0 Å². The summed E-state index contributed by atoms with van der Waals surface area (Å²) in [6.07, 6.45) is 1.06. The van der Waals surface area contributed by atoms with Crippen molar-refractivity contribution in [3.05, 3.63) is 15.6 Å². The number of thiazole rings is 1. The first-order valence-electron chi connectivity index (χ1n) is 4.42. The molecular weight excluding hydrogens is 166 g/mol. The van der Waals surface area contributed by atoms with Gasteiger partial charge in [-0.1, -0.05) is 27.7 Å². The maximum absolute atomic E-state index is 4.62. The van der Waals surface area contributed by atoms with E-state index in [2.05, 4.69) is 39.6 Å². The van der Waals surface area contributed by atoms with Crippen molar-refractivity contribution >= 4 is 11.3 Å². The number of rotatable bonds is 1. The second kappa shape index (κ2) is 3.17. The second-order valence-corrected chi connectivity index (χ2v) is 5.40. The van der Waals surface area contributed by atoms with Gasteiger partial charge in [0.1, 0.15) is 0 Å². The second-order valence-electron chi connectivity index (χ2n) is 4.12. The fourth-order valence-electron chi connectivity index (χ4n) is 1.30. The summed E-state index contributed by atoms with van der Waals surface area (Å²) in [6, 6.07) is 0. The molecule has 12 heavy (non-hydrogen) atoms. The van der Waals surface area contributed by atoms with Crippen LogP contribution in [0.5, 0.6) is 0 Å². The van der Waals surface area contributed by atoms with Crippen LogP contribution >= 0.6 is 11.3 Å². The van der Waals surface area contributed by atoms with Gasteiger partial charge in [0.05, 0.1) is 10.7 Å². The van der Waals surface area contributed by atoms with Crippen molar-refractivity contribution in [2.24, 2.45) is 0 Å². The summed E-state index contributed by atoms with van der Waals surface area (Å²) < 4.78 is 0. The Kier molecular flexibility index (Phi) is 2.57. The standard InChI is InChI=1S/C10H17NS/c1-6-8-11-9(7(2)12-8)10(3,4)5/h6H2,1-5H3. The third-order valence-electron chi connectivity index (χ3n) is 1.85. The molecule has 1 rings (SSSR count). The lowest BCUT2D eigenvalue weighted by atomic mass is 9.91. The Morgan fingerprint density at radius 1 is 1.33 bits per heavy atom. The Bertz CT molecular complexity index is 268. The summed E-state index contributed by atoms with van der Waals surface area (Å²) in [5, 5.41) is 1.26. The summed E-state index contributed by atoms with van der Waals surface area (Å²) in [4.78, 5) is 5.99. The highest BCUT2D eigenvalue weighted by Gasteiger charge is 2.20. The molecule has 1 aromatic rings. The van der Waals surface area contributed by atoms with Crippen LogP contribution in [0.3, 0.4) is 0 Å². The van der Waals surface area contributed by atoms with E-state index in [-0.39, 0.29) is 5.41 Å². The highest BCUT2D eigenvalue weighted by atomic mass is 32.1. The Morgan fingerprint density at radius 3 is 2.17 bits per heavy atom. The predicted octanol–water partition coefficient (Wildman–Crippen LogP) is 3.31. The molecule has 2 heteroatoms. The van der Waals surface area contributed by atoms with E-state index in [1.807, 2.05) is 11.3 Å². The molecule has 0 fully saturated rings. The van der Waals surface area contributed by atoms with Gasteiger partial charge >= 0.3 is 0 Å². The van der Waals surface area contributed by atoms with Crippen LogP contribution in [-0.2, 0) is 11.8 Å². The zero-order chi connectivity index (χ0) is 9.35. The average Bonchev–Trinajstić information content (AvgIpc) is 2.29. The van der Waals surface area contributed by atoms with E-state index in [0.29, 0.717) is 0 Å². The minimum atomic E-state index is 0.202. The van der Waals surface area contributed by atoms with E-state index in [0.717, 1.165) is 6.42 Å². The van der Waals surface area contributed by atoms with Gasteiger partial charge < -0.3 is 0 Å². The van der Waals surface area contributed by atoms with Crippen molar-refractivity contribution in [3.8, 4) is 0 Å². The lowest BCUT2D eigenvalue weighted by molar-refractivity contribution is 0.567. The number of aryl methyl sites for hydroxylation is 2. The maximum atomic E-state index is 4.62. The first-order valence-corrected chi connectivity index (χ1v) is 5.23. The summed E-state index contributed by atoms with van der Waals surface area (Å²) in [5.41, 5.74) is 1.47. The van der Waals surface area contributed by atoms with Crippen LogP contribution in [0.15, 0.2) is 0 Å². The molecule has 1 aromatic heterocycles. The van der Waals surface area contributed by atoms with Gasteiger partial charge in [0.15, 0.2) is 0 Å². The molecule has 0 spiro atoms. The molecule has 0 aromatic carbocycles. The van der Waals surface area contributed by atoms with E-state index >= 15 is 0 Å². The lowest BCUT2D eigenvalue weighted by Crippen LogP contribution is -2.13. The van der Waals surface area contributed by atoms with Crippen molar-refractivity contribution in [2.75, 3.05) is 0 Å². The van der Waals surface area contributed by atoms with E-state index in [4.69, 9.17) is 0 Å². The van der Waals surface area contributed by atoms with Crippen molar-refractivity contribution in [3.63, 3.8) is 0 Å². The van der Waals surface area contributed by atoms with Crippen LogP contribution in [0.2, 0.25) is 0 Å². The van der Waals surface area contributed by atoms with Gasteiger partial charge in [-0.3, -0.25) is 0 Å². The molecule has 0 N–H and O–H groups in total. The fraction of sp³-hybridized carbons (Fsp3) is 0.700. The Hall–Kier alpha value is -0.370. The third kappa shape index (κ3) is 1.86. The van der Waals surface area contributed by atoms with Crippen molar-refractivity contribution in [1.82, 2.24) is 4.98 Å². The Balaban J connectivity index is 3.08. The summed E-state index contributed by atoms with van der Waals surface area (Å²) >= 11 is 1.83. The summed E-state index contributed by atoms with van der Waals surface area (Å²) in [7, 11) is 0. The van der Waals surface area contributed by atoms with Crippen LogP contribution in [0.4, 0.5) is 0 Å². The normalized spacial score (nSPS) is 12.1. The van der Waals surface area contributed by atoms with Crippen LogP contribution in [0.1, 0.15) is 43.3 Å². The molecule has 0 aliphatic carbocycles. The Morgan fingerprint density at radius 2 is 1.92 bits per heavy atom. The third-order valence-corrected chi connectivity index (χ3v) is 2.97. The van der Waals surface area contributed by atoms with Crippen LogP contribution in [0.25, 0.3) is 0 Å². The minimum Gasteiger partial charge on any atom is -0.245 e. The molecule has 0 saturated carbocycles. The highest BCUT2D eigenvalue weighted by Crippen LogP contribution is 2.28. The van der Waals surface area contributed by atoms with Gasteiger partial charge in [0.2, 0.25) is 0 Å². The Labute approximate surface area is 78.8 Å². The number of hydrogen-bond donors (Lipinski definition) is 0. The topological polar surface area (TPSA) is 12.9 Å². The van der Waals surface area contributed by atoms with Crippen molar-refractivity contribution in [2.45, 2.75) is 46.5 Å². The molecule has 1 heterocycles. The molecule has 0 bridgehead atoms. The molecule has 0 amide bonds. The van der Waals surface area contributed by atoms with Crippen molar-refractivity contribution < 1.29 is 0 Å². The average molecular weight is 183 g/mol. The zero-order valence-corrected chi connectivity index (χ0v) is 9.38. The monoisotopic (exact) mass is 183 g/mol. The molecule has 0 aliphatic rings. The molecule has 0 aliphatic heterocycles. The van der Waals surface area contributed by atoms with Gasteiger partial charge in [-0.05, 0) is 13.3 Å². The molecule has 1 nitrogen and oxygen atoms in total. The summed E-state index contributed by atoms with van der Waals surface area (Å²) in [6.45, 7) is 11.0. The molecule has 0 saturated heterocycles. The molecular formula is C10H17NS. The molecule has 0 radical (unpaired) electrons. The zero-order valence-electron chi connectivity index (χ0n) is 8.56. The SMILES string of the molecule is CCc1nc(C(C)(C)C)c(C)s1. The van der Waals surface area contributed by atoms with E-state index < -0.39 is 0 Å². The fourth-order valence-corrected chi connectivity index (χ4v) is 2.38. The van der Waals surface area contributed by atoms with E-state index in [9.17, 15) is 0 Å². The predicted molar refractivity (Wildman–Crippen MR) is 54.9 cm³/mol. The lowest BCUT2D eigenvalue weighted by Gasteiger charge is -2.16. The van der Waals surface area contributed by atoms with E-state index in [1.165, 1.54) is 15.6 Å². The van der Waals surface area contributed by atoms with Crippen molar-refractivity contribution in [1.29, 1.82) is 0 Å². The quantitative estimate of drug-likeness (QED) is 0.651. The van der Waals surface area contributed by atoms with Gasteiger partial charge in [-0.2, -0.15) is 0 Å². The number of aromatic nitrogens is 1. The first kappa shape index (κ1) is 9.72. The van der Waals surface area contributed by atoms with Crippen LogP contribution < -0.4 is 0 Å². The maximum Gasteiger partial charge on any atom is 0.0928 e. The molecule has 0 unspecified atom stereocenters. The number of nitrogens with zero attached hydrogens (tertiary/aromatic N) is 1. The highest BCUT2D eigenvalue weighted by molar-refractivity contribution is 7.11. The smallest absolute Gasteiger partial charge is 0.0928 e. The first-order chi connectivity index (χ1) is 5.45. The van der Waals surface area contributed by atoms with E-state index in [1.54, 1.807) is 0 Å². The molecule has 68 valence electrons. The molecule has 0 atom stereocenters. The largest absolute Gasteiger partial charge is 0.245 e. The van der Waals surface area contributed by atoms with Gasteiger partial charge in [0, 0.05) is 10.3 Å². The van der Waals surface area contributed by atoms with Gasteiger partial charge in [-0.15, -0.1) is 11.3 Å². The minimum absolute atomic E-state index is 0.202. The van der Waals surface area contributed by atoms with Crippen LogP contribution in [-0.4, -0.2) is 4.98 Å².